The first kappa shape index (κ1) is 19.5. The number of aliphatic imine (C=N–C) groups is 1. The number of likely N-dealkylation sites (tertiary alicyclic amines) is 1. The van der Waals surface area contributed by atoms with Crippen molar-refractivity contribution in [2.24, 2.45) is 10.9 Å². The van der Waals surface area contributed by atoms with Crippen molar-refractivity contribution in [2.45, 2.75) is 57.6 Å². The summed E-state index contributed by atoms with van der Waals surface area (Å²) in [5.74, 6) is 1.25. The fourth-order valence-corrected chi connectivity index (χ4v) is 3.69. The lowest BCUT2D eigenvalue weighted by Crippen LogP contribution is -2.49. The summed E-state index contributed by atoms with van der Waals surface area (Å²) in [6.45, 7) is 7.96. The monoisotopic (exact) mass is 340 g/mol. The molecule has 2 aliphatic rings. The van der Waals surface area contributed by atoms with Crippen LogP contribution in [0, 0.1) is 5.92 Å². The number of aliphatic hydroxyl groups is 1. The van der Waals surface area contributed by atoms with Gasteiger partial charge in [-0.1, -0.05) is 6.42 Å². The Labute approximate surface area is 147 Å². The van der Waals surface area contributed by atoms with E-state index in [4.69, 9.17) is 9.73 Å². The number of hydrogen-bond donors (Lipinski definition) is 3. The molecule has 2 unspecified atom stereocenters. The maximum absolute atomic E-state index is 9.95. The summed E-state index contributed by atoms with van der Waals surface area (Å²) in [6.07, 6.45) is 6.43. The van der Waals surface area contributed by atoms with Crippen LogP contribution >= 0.6 is 0 Å². The molecule has 3 N–H and O–H groups in total. The maximum atomic E-state index is 9.95. The summed E-state index contributed by atoms with van der Waals surface area (Å²) >= 11 is 0. The number of ether oxygens (including phenoxy) is 1. The lowest BCUT2D eigenvalue weighted by Gasteiger charge is -2.33. The zero-order valence-electron chi connectivity index (χ0n) is 15.5. The van der Waals surface area contributed by atoms with Crippen molar-refractivity contribution in [3.05, 3.63) is 0 Å². The van der Waals surface area contributed by atoms with Gasteiger partial charge in [0.15, 0.2) is 5.96 Å². The van der Waals surface area contributed by atoms with Gasteiger partial charge in [0.05, 0.1) is 6.10 Å². The predicted molar refractivity (Wildman–Crippen MR) is 98.4 cm³/mol. The molecule has 24 heavy (non-hydrogen) atoms. The van der Waals surface area contributed by atoms with Gasteiger partial charge in [0.25, 0.3) is 0 Å². The van der Waals surface area contributed by atoms with E-state index in [0.717, 1.165) is 83.8 Å². The van der Waals surface area contributed by atoms with Crippen LogP contribution in [-0.2, 0) is 4.74 Å². The molecule has 2 atom stereocenters. The Morgan fingerprint density at radius 2 is 2.04 bits per heavy atom. The minimum atomic E-state index is -0.160. The van der Waals surface area contributed by atoms with Gasteiger partial charge in [-0.15, -0.1) is 0 Å². The van der Waals surface area contributed by atoms with E-state index >= 15 is 0 Å². The molecule has 0 radical (unpaired) electrons. The van der Waals surface area contributed by atoms with Crippen molar-refractivity contribution >= 4 is 5.96 Å². The molecule has 140 valence electrons. The Morgan fingerprint density at radius 1 is 1.25 bits per heavy atom. The summed E-state index contributed by atoms with van der Waals surface area (Å²) in [7, 11) is 1.77. The number of guanidine groups is 1. The highest BCUT2D eigenvalue weighted by atomic mass is 16.5. The Hall–Kier alpha value is -0.850. The molecule has 1 saturated heterocycles. The topological polar surface area (TPSA) is 69.1 Å². The van der Waals surface area contributed by atoms with E-state index in [0.29, 0.717) is 12.0 Å². The van der Waals surface area contributed by atoms with Crippen LogP contribution in [0.5, 0.6) is 0 Å². The number of methoxy groups -OCH3 is 1. The minimum absolute atomic E-state index is 0.160. The highest BCUT2D eigenvalue weighted by Crippen LogP contribution is 2.25. The molecule has 0 spiro atoms. The van der Waals surface area contributed by atoms with Gasteiger partial charge in [0.1, 0.15) is 0 Å². The fourth-order valence-electron chi connectivity index (χ4n) is 3.69. The summed E-state index contributed by atoms with van der Waals surface area (Å²) in [5.41, 5.74) is 0. The van der Waals surface area contributed by atoms with Crippen molar-refractivity contribution in [2.75, 3.05) is 46.4 Å². The molecule has 6 nitrogen and oxygen atoms in total. The molecule has 0 bridgehead atoms. The SMILES string of the molecule is CCNC(=NCC1CCCC1O)NC1CCN(CCCOC)CC1. The number of nitrogens with zero attached hydrogens (tertiary/aromatic N) is 2. The van der Waals surface area contributed by atoms with Gasteiger partial charge in [-0.2, -0.15) is 0 Å². The van der Waals surface area contributed by atoms with Gasteiger partial charge < -0.3 is 25.4 Å². The van der Waals surface area contributed by atoms with Crippen molar-refractivity contribution in [1.82, 2.24) is 15.5 Å². The lowest BCUT2D eigenvalue weighted by atomic mass is 10.0. The summed E-state index contributed by atoms with van der Waals surface area (Å²) in [5, 5.41) is 16.9. The van der Waals surface area contributed by atoms with Crippen LogP contribution in [0.1, 0.15) is 45.4 Å². The van der Waals surface area contributed by atoms with Crippen LogP contribution in [0.4, 0.5) is 0 Å². The molecule has 1 saturated carbocycles. The molecule has 0 amide bonds. The zero-order valence-corrected chi connectivity index (χ0v) is 15.5. The third-order valence-electron chi connectivity index (χ3n) is 5.20. The Balaban J connectivity index is 1.72. The van der Waals surface area contributed by atoms with Gasteiger partial charge in [0, 0.05) is 58.4 Å². The molecule has 1 heterocycles. The Kier molecular flexibility index (Phi) is 8.84. The minimum Gasteiger partial charge on any atom is -0.393 e. The Morgan fingerprint density at radius 3 is 2.67 bits per heavy atom. The van der Waals surface area contributed by atoms with E-state index in [1.807, 2.05) is 0 Å². The van der Waals surface area contributed by atoms with Crippen LogP contribution in [0.25, 0.3) is 0 Å². The predicted octanol–water partition coefficient (Wildman–Crippen LogP) is 1.20. The van der Waals surface area contributed by atoms with Crippen LogP contribution in [0.2, 0.25) is 0 Å². The summed E-state index contributed by atoms with van der Waals surface area (Å²) < 4.78 is 5.13. The third kappa shape index (κ3) is 6.57. The highest BCUT2D eigenvalue weighted by Gasteiger charge is 2.25. The number of aliphatic hydroxyl groups excluding tert-OH is 1. The second-order valence-electron chi connectivity index (χ2n) is 7.08. The Bertz CT molecular complexity index is 370. The average Bonchev–Trinajstić information content (AvgIpc) is 3.00. The van der Waals surface area contributed by atoms with Gasteiger partial charge in [-0.3, -0.25) is 4.99 Å². The van der Waals surface area contributed by atoms with Gasteiger partial charge >= 0.3 is 0 Å². The first-order valence-corrected chi connectivity index (χ1v) is 9.67. The van der Waals surface area contributed by atoms with E-state index in [9.17, 15) is 5.11 Å². The van der Waals surface area contributed by atoms with E-state index in [1.54, 1.807) is 7.11 Å². The van der Waals surface area contributed by atoms with Gasteiger partial charge in [-0.25, -0.2) is 0 Å². The molecule has 2 rings (SSSR count). The normalized spacial score (nSPS) is 26.7. The first-order valence-electron chi connectivity index (χ1n) is 9.67. The molecule has 1 aliphatic heterocycles. The molecule has 0 aromatic carbocycles. The number of piperidine rings is 1. The standard InChI is InChI=1S/C18H36N4O2/c1-3-19-18(20-14-15-6-4-7-17(15)23)21-16-8-11-22(12-9-16)10-5-13-24-2/h15-17,23H,3-14H2,1-2H3,(H2,19,20,21). The smallest absolute Gasteiger partial charge is 0.191 e. The first-order chi connectivity index (χ1) is 11.7. The third-order valence-corrected chi connectivity index (χ3v) is 5.20. The maximum Gasteiger partial charge on any atom is 0.191 e. The number of nitrogens with one attached hydrogen (secondary N) is 2. The summed E-state index contributed by atoms with van der Waals surface area (Å²) in [6, 6.07) is 0.495. The highest BCUT2D eigenvalue weighted by molar-refractivity contribution is 5.80. The summed E-state index contributed by atoms with van der Waals surface area (Å²) in [4.78, 5) is 7.25. The van der Waals surface area contributed by atoms with Gasteiger partial charge in [0.2, 0.25) is 0 Å². The zero-order chi connectivity index (χ0) is 17.2. The van der Waals surface area contributed by atoms with Crippen LogP contribution < -0.4 is 10.6 Å². The van der Waals surface area contributed by atoms with Gasteiger partial charge in [-0.05, 0) is 39.0 Å². The van der Waals surface area contributed by atoms with E-state index in [2.05, 4.69) is 22.5 Å². The molecule has 0 aromatic heterocycles. The fraction of sp³-hybridized carbons (Fsp3) is 0.944. The molecule has 0 aromatic rings. The van der Waals surface area contributed by atoms with E-state index in [1.165, 1.54) is 0 Å². The largest absolute Gasteiger partial charge is 0.393 e. The molecule has 6 heteroatoms. The molecule has 1 aliphatic carbocycles. The van der Waals surface area contributed by atoms with Crippen LogP contribution in [0.3, 0.4) is 0 Å². The van der Waals surface area contributed by atoms with Crippen LogP contribution in [-0.4, -0.2) is 74.6 Å². The molecular formula is C18H36N4O2. The number of rotatable bonds is 8. The second-order valence-corrected chi connectivity index (χ2v) is 7.08. The van der Waals surface area contributed by atoms with E-state index < -0.39 is 0 Å². The molecule has 2 fully saturated rings. The number of hydrogen-bond acceptors (Lipinski definition) is 4. The van der Waals surface area contributed by atoms with Crippen LogP contribution in [0.15, 0.2) is 4.99 Å². The van der Waals surface area contributed by atoms with Crippen molar-refractivity contribution in [3.63, 3.8) is 0 Å². The van der Waals surface area contributed by atoms with Crippen molar-refractivity contribution in [3.8, 4) is 0 Å². The van der Waals surface area contributed by atoms with E-state index in [-0.39, 0.29) is 6.10 Å². The second kappa shape index (κ2) is 10.9. The van der Waals surface area contributed by atoms with Crippen molar-refractivity contribution < 1.29 is 9.84 Å². The lowest BCUT2D eigenvalue weighted by molar-refractivity contribution is 0.136. The van der Waals surface area contributed by atoms with Crippen molar-refractivity contribution in [1.29, 1.82) is 0 Å². The molecular weight excluding hydrogens is 304 g/mol. The quantitative estimate of drug-likeness (QED) is 0.352. The average molecular weight is 341 g/mol.